The van der Waals surface area contributed by atoms with Crippen molar-refractivity contribution < 1.29 is 9.53 Å². The number of H-pyrrole nitrogens is 1. The molecule has 1 unspecified atom stereocenters. The summed E-state index contributed by atoms with van der Waals surface area (Å²) >= 11 is 0. The molecule has 28 heavy (non-hydrogen) atoms. The molecule has 0 bridgehead atoms. The molecule has 0 fully saturated rings. The molecule has 2 aromatic carbocycles. The van der Waals surface area contributed by atoms with Crippen molar-refractivity contribution in [2.24, 2.45) is 0 Å². The van der Waals surface area contributed by atoms with Gasteiger partial charge in [0.15, 0.2) is 0 Å². The van der Waals surface area contributed by atoms with Gasteiger partial charge in [-0.15, -0.1) is 0 Å². The van der Waals surface area contributed by atoms with Gasteiger partial charge in [-0.25, -0.2) is 9.78 Å². The average Bonchev–Trinajstić information content (AvgIpc) is 3.16. The van der Waals surface area contributed by atoms with Crippen LogP contribution in [0.2, 0.25) is 0 Å². The van der Waals surface area contributed by atoms with Crippen LogP contribution < -0.4 is 0 Å². The smallest absolute Gasteiger partial charge is 0.411 e. The van der Waals surface area contributed by atoms with E-state index in [1.165, 1.54) is 5.56 Å². The standard InChI is InChI=1S/C23H25N3O2/c1-23(2,3)28-22(27)26-15-18-12-8-7-11-17(18)13-20(26)21-24-14-19(25-21)16-9-5-4-6-10-16/h4-12,14,20H,13,15H2,1-3H3,(H,24,25). The van der Waals surface area contributed by atoms with Crippen LogP contribution in [0.1, 0.15) is 43.8 Å². The Kier molecular flexibility index (Phi) is 4.67. The van der Waals surface area contributed by atoms with E-state index in [0.29, 0.717) is 13.0 Å². The molecule has 1 aromatic heterocycles. The Labute approximate surface area is 165 Å². The number of hydrogen-bond donors (Lipinski definition) is 1. The number of nitrogens with one attached hydrogen (secondary N) is 1. The predicted molar refractivity (Wildman–Crippen MR) is 109 cm³/mol. The molecular formula is C23H25N3O2. The molecule has 1 aliphatic rings. The minimum Gasteiger partial charge on any atom is -0.444 e. The van der Waals surface area contributed by atoms with Crippen molar-refractivity contribution in [3.63, 3.8) is 0 Å². The first-order chi connectivity index (χ1) is 13.4. The SMILES string of the molecule is CC(C)(C)OC(=O)N1Cc2ccccc2CC1c1nc(-c2ccccc2)c[nH]1. The number of imidazole rings is 1. The van der Waals surface area contributed by atoms with E-state index < -0.39 is 5.60 Å². The summed E-state index contributed by atoms with van der Waals surface area (Å²) in [6.07, 6.45) is 2.29. The zero-order chi connectivity index (χ0) is 19.7. The second-order valence-electron chi connectivity index (χ2n) is 8.13. The predicted octanol–water partition coefficient (Wildman–Crippen LogP) is 5.11. The van der Waals surface area contributed by atoms with Gasteiger partial charge in [-0.3, -0.25) is 4.90 Å². The van der Waals surface area contributed by atoms with Crippen molar-refractivity contribution in [3.8, 4) is 11.3 Å². The maximum Gasteiger partial charge on any atom is 0.411 e. The lowest BCUT2D eigenvalue weighted by Crippen LogP contribution is -2.42. The van der Waals surface area contributed by atoms with E-state index in [1.54, 1.807) is 4.90 Å². The molecule has 4 rings (SSSR count). The second-order valence-corrected chi connectivity index (χ2v) is 8.13. The summed E-state index contributed by atoms with van der Waals surface area (Å²) in [4.78, 5) is 22.8. The third kappa shape index (κ3) is 3.79. The molecule has 0 saturated carbocycles. The lowest BCUT2D eigenvalue weighted by molar-refractivity contribution is 0.0107. The van der Waals surface area contributed by atoms with Gasteiger partial charge in [0.2, 0.25) is 0 Å². The molecule has 1 atom stereocenters. The van der Waals surface area contributed by atoms with Gasteiger partial charge < -0.3 is 9.72 Å². The Hall–Kier alpha value is -3.08. The Balaban J connectivity index is 1.68. The van der Waals surface area contributed by atoms with Gasteiger partial charge in [0.1, 0.15) is 11.4 Å². The molecule has 5 nitrogen and oxygen atoms in total. The average molecular weight is 375 g/mol. The Morgan fingerprint density at radius 2 is 1.75 bits per heavy atom. The number of ether oxygens (including phenoxy) is 1. The van der Waals surface area contributed by atoms with Crippen LogP contribution in [0.15, 0.2) is 60.8 Å². The summed E-state index contributed by atoms with van der Waals surface area (Å²) in [6, 6.07) is 18.1. The van der Waals surface area contributed by atoms with Crippen LogP contribution in [0.4, 0.5) is 4.79 Å². The molecular weight excluding hydrogens is 350 g/mol. The van der Waals surface area contributed by atoms with Crippen molar-refractivity contribution in [3.05, 3.63) is 77.7 Å². The van der Waals surface area contributed by atoms with Crippen LogP contribution in [0.5, 0.6) is 0 Å². The normalized spacial score (nSPS) is 16.5. The van der Waals surface area contributed by atoms with Crippen LogP contribution in [0.25, 0.3) is 11.3 Å². The van der Waals surface area contributed by atoms with Crippen molar-refractivity contribution in [1.29, 1.82) is 0 Å². The number of nitrogens with zero attached hydrogens (tertiary/aromatic N) is 2. The van der Waals surface area contributed by atoms with Crippen molar-refractivity contribution in [2.75, 3.05) is 0 Å². The zero-order valence-corrected chi connectivity index (χ0v) is 16.5. The molecule has 5 heteroatoms. The summed E-state index contributed by atoms with van der Waals surface area (Å²) in [5, 5.41) is 0. The number of aromatic amines is 1. The van der Waals surface area contributed by atoms with Crippen LogP contribution in [0, 0.1) is 0 Å². The van der Waals surface area contributed by atoms with Gasteiger partial charge in [0.05, 0.1) is 18.3 Å². The third-order valence-electron chi connectivity index (χ3n) is 4.86. The number of benzene rings is 2. The monoisotopic (exact) mass is 375 g/mol. The van der Waals surface area contributed by atoms with Crippen molar-refractivity contribution in [2.45, 2.75) is 45.4 Å². The van der Waals surface area contributed by atoms with Crippen LogP contribution >= 0.6 is 0 Å². The number of carbonyl (C=O) groups is 1. The summed E-state index contributed by atoms with van der Waals surface area (Å²) in [5.41, 5.74) is 3.77. The lowest BCUT2D eigenvalue weighted by atomic mass is 9.94. The van der Waals surface area contributed by atoms with E-state index in [2.05, 4.69) is 17.1 Å². The highest BCUT2D eigenvalue weighted by atomic mass is 16.6. The minimum absolute atomic E-state index is 0.192. The minimum atomic E-state index is -0.545. The zero-order valence-electron chi connectivity index (χ0n) is 16.5. The molecule has 0 radical (unpaired) electrons. The number of amides is 1. The number of hydrogen-bond acceptors (Lipinski definition) is 3. The first-order valence-electron chi connectivity index (χ1n) is 9.58. The number of fused-ring (bicyclic) bond motifs is 1. The molecule has 0 aliphatic carbocycles. The van der Waals surface area contributed by atoms with Gasteiger partial charge in [0, 0.05) is 18.2 Å². The van der Waals surface area contributed by atoms with Crippen LogP contribution in [0.3, 0.4) is 0 Å². The topological polar surface area (TPSA) is 58.2 Å². The molecule has 144 valence electrons. The first-order valence-corrected chi connectivity index (χ1v) is 9.58. The Morgan fingerprint density at radius 1 is 1.07 bits per heavy atom. The molecule has 3 aromatic rings. The number of rotatable bonds is 2. The maximum absolute atomic E-state index is 12.9. The highest BCUT2D eigenvalue weighted by molar-refractivity contribution is 5.69. The van der Waals surface area contributed by atoms with Gasteiger partial charge in [-0.2, -0.15) is 0 Å². The van der Waals surface area contributed by atoms with E-state index >= 15 is 0 Å². The van der Waals surface area contributed by atoms with E-state index in [-0.39, 0.29) is 12.1 Å². The fourth-order valence-corrected chi connectivity index (χ4v) is 3.54. The fraction of sp³-hybridized carbons (Fsp3) is 0.304. The summed E-state index contributed by atoms with van der Waals surface area (Å²) in [5.74, 6) is 0.777. The Morgan fingerprint density at radius 3 is 2.46 bits per heavy atom. The van der Waals surface area contributed by atoms with E-state index in [4.69, 9.17) is 9.72 Å². The second kappa shape index (κ2) is 7.15. The van der Waals surface area contributed by atoms with Gasteiger partial charge in [-0.1, -0.05) is 54.6 Å². The molecule has 1 N–H and O–H groups in total. The van der Waals surface area contributed by atoms with Gasteiger partial charge >= 0.3 is 6.09 Å². The highest BCUT2D eigenvalue weighted by Gasteiger charge is 2.35. The van der Waals surface area contributed by atoms with Crippen LogP contribution in [-0.4, -0.2) is 26.6 Å². The summed E-state index contributed by atoms with van der Waals surface area (Å²) < 4.78 is 5.68. The quantitative estimate of drug-likeness (QED) is 0.677. The summed E-state index contributed by atoms with van der Waals surface area (Å²) in [6.45, 7) is 6.17. The third-order valence-corrected chi connectivity index (χ3v) is 4.86. The number of aromatic nitrogens is 2. The molecule has 0 spiro atoms. The van der Waals surface area contributed by atoms with E-state index in [9.17, 15) is 4.79 Å². The summed E-state index contributed by atoms with van der Waals surface area (Å²) in [7, 11) is 0. The maximum atomic E-state index is 12.9. The molecule has 1 aliphatic heterocycles. The van der Waals surface area contributed by atoms with Crippen molar-refractivity contribution in [1.82, 2.24) is 14.9 Å². The largest absolute Gasteiger partial charge is 0.444 e. The van der Waals surface area contributed by atoms with E-state index in [0.717, 1.165) is 22.6 Å². The molecule has 1 amide bonds. The first kappa shape index (κ1) is 18.3. The molecule has 0 saturated heterocycles. The van der Waals surface area contributed by atoms with Gasteiger partial charge in [-0.05, 0) is 31.9 Å². The fourth-order valence-electron chi connectivity index (χ4n) is 3.54. The highest BCUT2D eigenvalue weighted by Crippen LogP contribution is 2.34. The Bertz CT molecular complexity index is 973. The van der Waals surface area contributed by atoms with Crippen LogP contribution in [-0.2, 0) is 17.7 Å². The van der Waals surface area contributed by atoms with E-state index in [1.807, 2.05) is 69.4 Å². The van der Waals surface area contributed by atoms with Gasteiger partial charge in [0.25, 0.3) is 0 Å². The number of carbonyl (C=O) groups excluding carboxylic acids is 1. The molecule has 2 heterocycles. The lowest BCUT2D eigenvalue weighted by Gasteiger charge is -2.36. The van der Waals surface area contributed by atoms with Crippen molar-refractivity contribution >= 4 is 6.09 Å².